The number of nitrogens with one attached hydrogen (secondary N) is 1. The highest BCUT2D eigenvalue weighted by molar-refractivity contribution is 7.99. The number of amides is 1. The molecule has 0 aliphatic rings. The molecular weight excluding hydrogens is 466 g/mol. The van der Waals surface area contributed by atoms with Gasteiger partial charge < -0.3 is 14.6 Å². The molecule has 4 aromatic rings. The van der Waals surface area contributed by atoms with Crippen molar-refractivity contribution in [1.29, 1.82) is 0 Å². The van der Waals surface area contributed by atoms with Crippen LogP contribution in [-0.2, 0) is 18.4 Å². The first-order valence-electron chi connectivity index (χ1n) is 9.70. The molecule has 0 radical (unpaired) electrons. The van der Waals surface area contributed by atoms with E-state index >= 15 is 0 Å². The van der Waals surface area contributed by atoms with Crippen molar-refractivity contribution in [2.24, 2.45) is 7.05 Å². The first kappa shape index (κ1) is 22.3. The summed E-state index contributed by atoms with van der Waals surface area (Å²) in [4.78, 5) is 16.8. The summed E-state index contributed by atoms with van der Waals surface area (Å²) >= 11 is 8.69. The Morgan fingerprint density at radius 2 is 2.03 bits per heavy atom. The highest BCUT2D eigenvalue weighted by atomic mass is 35.5. The molecule has 0 aliphatic heterocycles. The Morgan fingerprint density at radius 3 is 2.81 bits per heavy atom. The fourth-order valence-corrected chi connectivity index (χ4v) is 4.56. The van der Waals surface area contributed by atoms with Gasteiger partial charge in [-0.15, -0.1) is 21.5 Å². The number of thiazole rings is 1. The van der Waals surface area contributed by atoms with Gasteiger partial charge in [0, 0.05) is 23.0 Å². The van der Waals surface area contributed by atoms with Crippen LogP contribution in [0.4, 0.5) is 5.13 Å². The predicted octanol–water partition coefficient (Wildman–Crippen LogP) is 5.21. The lowest BCUT2D eigenvalue weighted by molar-refractivity contribution is -0.113. The number of anilines is 1. The number of thioether (sulfide) groups is 1. The Bertz CT molecular complexity index is 1230. The maximum absolute atomic E-state index is 12.4. The zero-order valence-corrected chi connectivity index (χ0v) is 19.8. The number of benzene rings is 2. The molecule has 32 heavy (non-hydrogen) atoms. The number of halogens is 1. The average molecular weight is 486 g/mol. The fraction of sp³-hybridized carbons (Fsp3) is 0.182. The van der Waals surface area contributed by atoms with E-state index in [2.05, 4.69) is 20.5 Å². The summed E-state index contributed by atoms with van der Waals surface area (Å²) in [6.45, 7) is 2.20. The molecule has 0 unspecified atom stereocenters. The molecular formula is C22H20ClN5O2S2. The monoisotopic (exact) mass is 485 g/mol. The van der Waals surface area contributed by atoms with E-state index in [0.29, 0.717) is 21.1 Å². The van der Waals surface area contributed by atoms with Crippen LogP contribution in [0.2, 0.25) is 5.02 Å². The number of rotatable bonds is 8. The maximum atomic E-state index is 12.4. The molecule has 4 rings (SSSR count). The molecule has 0 fully saturated rings. The van der Waals surface area contributed by atoms with Crippen LogP contribution in [0.15, 0.2) is 59.1 Å². The molecule has 0 bridgehead atoms. The zero-order valence-electron chi connectivity index (χ0n) is 17.4. The molecule has 1 N–H and O–H groups in total. The van der Waals surface area contributed by atoms with Crippen LogP contribution in [0, 0.1) is 6.92 Å². The van der Waals surface area contributed by atoms with E-state index in [1.807, 2.05) is 66.4 Å². The number of carbonyl (C=O) groups is 1. The van der Waals surface area contributed by atoms with Crippen molar-refractivity contribution < 1.29 is 9.53 Å². The van der Waals surface area contributed by atoms with Crippen LogP contribution < -0.4 is 10.1 Å². The van der Waals surface area contributed by atoms with Crippen molar-refractivity contribution in [3.63, 3.8) is 0 Å². The number of aromatic nitrogens is 4. The Labute approximate surface area is 198 Å². The van der Waals surface area contributed by atoms with Gasteiger partial charge in [-0.2, -0.15) is 0 Å². The van der Waals surface area contributed by atoms with E-state index in [1.54, 1.807) is 6.07 Å². The number of hydrogen-bond acceptors (Lipinski definition) is 7. The average Bonchev–Trinajstić information content (AvgIpc) is 3.39. The van der Waals surface area contributed by atoms with Gasteiger partial charge in [-0.25, -0.2) is 4.98 Å². The van der Waals surface area contributed by atoms with Crippen molar-refractivity contribution >= 4 is 45.7 Å². The number of nitrogens with zero attached hydrogens (tertiary/aromatic N) is 4. The van der Waals surface area contributed by atoms with E-state index in [4.69, 9.17) is 16.3 Å². The van der Waals surface area contributed by atoms with Gasteiger partial charge in [0.15, 0.2) is 16.1 Å². The van der Waals surface area contributed by atoms with Crippen LogP contribution in [0.1, 0.15) is 11.4 Å². The Balaban J connectivity index is 1.30. The maximum Gasteiger partial charge on any atom is 0.236 e. The van der Waals surface area contributed by atoms with Crippen molar-refractivity contribution in [3.8, 4) is 17.0 Å². The van der Waals surface area contributed by atoms with Crippen LogP contribution >= 0.6 is 34.7 Å². The Hall–Kier alpha value is -2.88. The first-order valence-corrected chi connectivity index (χ1v) is 11.9. The lowest BCUT2D eigenvalue weighted by Gasteiger charge is -2.09. The second-order valence-corrected chi connectivity index (χ2v) is 9.13. The van der Waals surface area contributed by atoms with E-state index in [0.717, 1.165) is 22.6 Å². The third-order valence-corrected chi connectivity index (χ3v) is 6.58. The van der Waals surface area contributed by atoms with E-state index in [-0.39, 0.29) is 18.3 Å². The number of aryl methyl sites for hydroxylation is 1. The standard InChI is InChI=1S/C22H20ClN5O2S2/c1-14-10-16(23)8-9-18(14)30-11-19-26-27-22(28(19)2)32-13-20(29)25-21-24-17(12-31-21)15-6-4-3-5-7-15/h3-10,12H,11,13H2,1-2H3,(H,24,25,29). The van der Waals surface area contributed by atoms with Gasteiger partial charge in [-0.3, -0.25) is 4.79 Å². The van der Waals surface area contributed by atoms with Gasteiger partial charge >= 0.3 is 0 Å². The fourth-order valence-electron chi connectivity index (χ4n) is 2.87. The van der Waals surface area contributed by atoms with Gasteiger partial charge in [-0.1, -0.05) is 53.7 Å². The summed E-state index contributed by atoms with van der Waals surface area (Å²) < 4.78 is 7.66. The van der Waals surface area contributed by atoms with Gasteiger partial charge in [0.2, 0.25) is 5.91 Å². The molecule has 10 heteroatoms. The number of carbonyl (C=O) groups excluding carboxylic acids is 1. The summed E-state index contributed by atoms with van der Waals surface area (Å²) in [5, 5.41) is 15.0. The highest BCUT2D eigenvalue weighted by Crippen LogP contribution is 2.26. The Morgan fingerprint density at radius 1 is 1.22 bits per heavy atom. The minimum Gasteiger partial charge on any atom is -0.485 e. The van der Waals surface area contributed by atoms with Gasteiger partial charge in [0.1, 0.15) is 12.4 Å². The largest absolute Gasteiger partial charge is 0.485 e. The lowest BCUT2D eigenvalue weighted by atomic mass is 10.2. The van der Waals surface area contributed by atoms with Gasteiger partial charge in [0.25, 0.3) is 0 Å². The minimum atomic E-state index is -0.151. The molecule has 0 saturated carbocycles. The zero-order chi connectivity index (χ0) is 22.5. The molecule has 2 aromatic carbocycles. The second kappa shape index (κ2) is 10.2. The molecule has 0 atom stereocenters. The SMILES string of the molecule is Cc1cc(Cl)ccc1OCc1nnc(SCC(=O)Nc2nc(-c3ccccc3)cs2)n1C. The summed E-state index contributed by atoms with van der Waals surface area (Å²) in [7, 11) is 1.85. The smallest absolute Gasteiger partial charge is 0.236 e. The van der Waals surface area contributed by atoms with Crippen molar-refractivity contribution in [3.05, 3.63) is 70.3 Å². The quantitative estimate of drug-likeness (QED) is 0.345. The van der Waals surface area contributed by atoms with Crippen LogP contribution in [0.5, 0.6) is 5.75 Å². The van der Waals surface area contributed by atoms with Crippen LogP contribution in [-0.4, -0.2) is 31.4 Å². The third kappa shape index (κ3) is 5.48. The molecule has 0 spiro atoms. The molecule has 2 heterocycles. The van der Waals surface area contributed by atoms with Crippen molar-refractivity contribution in [1.82, 2.24) is 19.7 Å². The number of ether oxygens (including phenoxy) is 1. The Kier molecular flexibility index (Phi) is 7.09. The molecule has 7 nitrogen and oxygen atoms in total. The van der Waals surface area contributed by atoms with Gasteiger partial charge in [-0.05, 0) is 30.7 Å². The summed E-state index contributed by atoms with van der Waals surface area (Å²) in [5.74, 6) is 1.45. The number of hydrogen-bond donors (Lipinski definition) is 1. The highest BCUT2D eigenvalue weighted by Gasteiger charge is 2.14. The lowest BCUT2D eigenvalue weighted by Crippen LogP contribution is -2.14. The van der Waals surface area contributed by atoms with E-state index in [1.165, 1.54) is 23.1 Å². The third-order valence-electron chi connectivity index (χ3n) is 4.57. The summed E-state index contributed by atoms with van der Waals surface area (Å²) in [6, 6.07) is 15.3. The normalized spacial score (nSPS) is 10.8. The van der Waals surface area contributed by atoms with Crippen molar-refractivity contribution in [2.75, 3.05) is 11.1 Å². The molecule has 2 aromatic heterocycles. The topological polar surface area (TPSA) is 81.9 Å². The van der Waals surface area contributed by atoms with Crippen LogP contribution in [0.3, 0.4) is 0 Å². The van der Waals surface area contributed by atoms with E-state index in [9.17, 15) is 4.79 Å². The van der Waals surface area contributed by atoms with Crippen LogP contribution in [0.25, 0.3) is 11.3 Å². The first-order chi connectivity index (χ1) is 15.5. The summed E-state index contributed by atoms with van der Waals surface area (Å²) in [6.07, 6.45) is 0. The van der Waals surface area contributed by atoms with Crippen molar-refractivity contribution in [2.45, 2.75) is 18.7 Å². The molecule has 1 amide bonds. The molecule has 0 saturated heterocycles. The predicted molar refractivity (Wildman–Crippen MR) is 128 cm³/mol. The molecule has 0 aliphatic carbocycles. The summed E-state index contributed by atoms with van der Waals surface area (Å²) in [5.41, 5.74) is 2.80. The van der Waals surface area contributed by atoms with Gasteiger partial charge in [0.05, 0.1) is 11.4 Å². The molecule has 164 valence electrons. The van der Waals surface area contributed by atoms with E-state index < -0.39 is 0 Å². The second-order valence-electron chi connectivity index (χ2n) is 6.90. The minimum absolute atomic E-state index is 0.151.